The van der Waals surface area contributed by atoms with E-state index in [-0.39, 0.29) is 11.5 Å². The first-order valence-electron chi connectivity index (χ1n) is 21.0. The van der Waals surface area contributed by atoms with E-state index in [9.17, 15) is 0 Å². The van der Waals surface area contributed by atoms with E-state index in [0.717, 1.165) is 40.6 Å². The summed E-state index contributed by atoms with van der Waals surface area (Å²) >= 11 is 0. The Balaban J connectivity index is 1.06. The Morgan fingerprint density at radius 1 is 0.500 bits per heavy atom. The van der Waals surface area contributed by atoms with Gasteiger partial charge in [-0.05, 0) is 125 Å². The van der Waals surface area contributed by atoms with Crippen LogP contribution in [0.15, 0.2) is 224 Å². The molecule has 0 radical (unpaired) electrons. The average Bonchev–Trinajstić information content (AvgIpc) is 3.76. The number of allylic oxidation sites excluding steroid dienone is 1. The second kappa shape index (κ2) is 14.5. The molecule has 0 amide bonds. The fourth-order valence-electron chi connectivity index (χ4n) is 10.0. The summed E-state index contributed by atoms with van der Waals surface area (Å²) < 4.78 is 2.47. The molecule has 1 aromatic heterocycles. The van der Waals surface area contributed by atoms with Crippen LogP contribution in [0.4, 0.5) is 22.7 Å². The van der Waals surface area contributed by atoms with Crippen LogP contribution < -0.4 is 9.80 Å². The Bertz CT molecular complexity index is 2990. The molecule has 1 heterocycles. The maximum absolute atomic E-state index is 2.49. The van der Waals surface area contributed by atoms with Crippen molar-refractivity contribution in [2.45, 2.75) is 31.7 Å². The number of rotatable bonds is 8. The molecule has 288 valence electrons. The number of hydrogen-bond acceptors (Lipinski definition) is 2. The minimum absolute atomic E-state index is 0.0336. The molecule has 0 N–H and O–H groups in total. The van der Waals surface area contributed by atoms with Gasteiger partial charge in [-0.3, -0.25) is 0 Å². The van der Waals surface area contributed by atoms with Gasteiger partial charge in [0.15, 0.2) is 0 Å². The van der Waals surface area contributed by atoms with Crippen molar-refractivity contribution >= 4 is 50.1 Å². The first-order chi connectivity index (χ1) is 29.5. The van der Waals surface area contributed by atoms with Crippen molar-refractivity contribution in [2.24, 2.45) is 0 Å². The lowest BCUT2D eigenvalue weighted by Crippen LogP contribution is -2.33. The zero-order valence-electron chi connectivity index (χ0n) is 33.9. The summed E-state index contributed by atoms with van der Waals surface area (Å²) in [5.41, 5.74) is 17.3. The zero-order chi connectivity index (χ0) is 40.2. The molecule has 0 saturated carbocycles. The highest BCUT2D eigenvalue weighted by atomic mass is 15.2. The van der Waals surface area contributed by atoms with Gasteiger partial charge in [0.1, 0.15) is 0 Å². The van der Waals surface area contributed by atoms with E-state index in [1.807, 2.05) is 0 Å². The highest BCUT2D eigenvalue weighted by Gasteiger charge is 2.38. The summed E-state index contributed by atoms with van der Waals surface area (Å²) in [7, 11) is 0. The van der Waals surface area contributed by atoms with E-state index < -0.39 is 0 Å². The first kappa shape index (κ1) is 35.8. The van der Waals surface area contributed by atoms with Gasteiger partial charge in [-0.2, -0.15) is 0 Å². The number of para-hydroxylation sites is 5. The average molecular weight is 772 g/mol. The van der Waals surface area contributed by atoms with Crippen LogP contribution in [-0.4, -0.2) is 10.6 Å². The van der Waals surface area contributed by atoms with Crippen molar-refractivity contribution in [2.75, 3.05) is 9.80 Å². The molecule has 1 unspecified atom stereocenters. The van der Waals surface area contributed by atoms with Crippen LogP contribution in [0.2, 0.25) is 0 Å². The van der Waals surface area contributed by atoms with Crippen molar-refractivity contribution in [3.8, 4) is 16.8 Å². The highest BCUT2D eigenvalue weighted by molar-refractivity contribution is 6.14. The van der Waals surface area contributed by atoms with E-state index in [4.69, 9.17) is 0 Å². The van der Waals surface area contributed by atoms with Crippen LogP contribution in [0.1, 0.15) is 37.0 Å². The second-order valence-corrected chi connectivity index (χ2v) is 16.5. The number of benzene rings is 8. The van der Waals surface area contributed by atoms with Crippen LogP contribution in [0.5, 0.6) is 0 Å². The molecule has 2 aliphatic carbocycles. The van der Waals surface area contributed by atoms with Crippen LogP contribution in [0.25, 0.3) is 44.2 Å². The predicted molar refractivity (Wildman–Crippen MR) is 253 cm³/mol. The summed E-state index contributed by atoms with van der Waals surface area (Å²) in [6.07, 6.45) is 5.69. The van der Waals surface area contributed by atoms with Gasteiger partial charge in [0.2, 0.25) is 0 Å². The molecule has 3 heteroatoms. The number of nitrogens with zero attached hydrogens (tertiary/aromatic N) is 3. The number of hydrogen-bond donors (Lipinski definition) is 0. The molecular formula is C57H45N3. The minimum Gasteiger partial charge on any atom is -0.334 e. The zero-order valence-corrected chi connectivity index (χ0v) is 33.9. The van der Waals surface area contributed by atoms with Gasteiger partial charge in [0.25, 0.3) is 0 Å². The van der Waals surface area contributed by atoms with Gasteiger partial charge < -0.3 is 14.4 Å². The maximum atomic E-state index is 2.49. The molecule has 9 aromatic rings. The lowest BCUT2D eigenvalue weighted by atomic mass is 9.80. The molecule has 0 saturated heterocycles. The highest BCUT2D eigenvalue weighted by Crippen LogP contribution is 2.53. The predicted octanol–water partition coefficient (Wildman–Crippen LogP) is 14.8. The third-order valence-electron chi connectivity index (χ3n) is 12.7. The van der Waals surface area contributed by atoms with Gasteiger partial charge in [0, 0.05) is 50.3 Å². The Morgan fingerprint density at radius 2 is 1.05 bits per heavy atom. The summed E-state index contributed by atoms with van der Waals surface area (Å²) in [5, 5.41) is 2.65. The number of aromatic nitrogens is 1. The third-order valence-corrected chi connectivity index (χ3v) is 12.7. The molecule has 0 spiro atoms. The van der Waals surface area contributed by atoms with Gasteiger partial charge in [0.05, 0.1) is 17.1 Å². The van der Waals surface area contributed by atoms with Gasteiger partial charge in [-0.15, -0.1) is 0 Å². The fourth-order valence-corrected chi connectivity index (χ4v) is 10.0. The second-order valence-electron chi connectivity index (χ2n) is 16.5. The molecule has 0 aliphatic heterocycles. The summed E-state index contributed by atoms with van der Waals surface area (Å²) in [4.78, 5) is 4.89. The SMILES string of the molecule is CC1(C)c2ccccc2-c2ccc3c(c21)c1ccccc1n3-c1ccc(C2=CC(N(c3ccccc3)c3ccccc3)=CC(N(c3ccccc3)c3ccccc3)C2)cc1. The van der Waals surface area contributed by atoms with E-state index in [1.165, 1.54) is 55.2 Å². The van der Waals surface area contributed by atoms with Gasteiger partial charge >= 0.3 is 0 Å². The quantitative estimate of drug-likeness (QED) is 0.152. The summed E-state index contributed by atoms with van der Waals surface area (Å²) in [5.74, 6) is 0. The Labute approximate surface area is 352 Å². The lowest BCUT2D eigenvalue weighted by molar-refractivity contribution is 0.666. The van der Waals surface area contributed by atoms with Crippen molar-refractivity contribution in [3.63, 3.8) is 0 Å². The molecule has 3 nitrogen and oxygen atoms in total. The summed E-state index contributed by atoms with van der Waals surface area (Å²) in [6, 6.07) is 75.0. The maximum Gasteiger partial charge on any atom is 0.0585 e. The normalized spacial score (nSPS) is 15.3. The summed E-state index contributed by atoms with van der Waals surface area (Å²) in [6.45, 7) is 4.78. The topological polar surface area (TPSA) is 11.4 Å². The molecule has 8 aromatic carbocycles. The number of anilines is 4. The van der Waals surface area contributed by atoms with Crippen molar-refractivity contribution < 1.29 is 0 Å². The molecule has 2 aliphatic rings. The fraction of sp³-hybridized carbons (Fsp3) is 0.0877. The Morgan fingerprint density at radius 3 is 1.68 bits per heavy atom. The first-order valence-corrected chi connectivity index (χ1v) is 21.0. The molecule has 0 bridgehead atoms. The van der Waals surface area contributed by atoms with E-state index in [0.29, 0.717) is 0 Å². The van der Waals surface area contributed by atoms with E-state index in [2.05, 4.69) is 247 Å². The third kappa shape index (κ3) is 5.88. The van der Waals surface area contributed by atoms with Gasteiger partial charge in [-0.1, -0.05) is 147 Å². The number of fused-ring (bicyclic) bond motifs is 7. The smallest absolute Gasteiger partial charge is 0.0585 e. The standard InChI is InChI=1S/C57H45N3/c1-57(2)52-29-17-15-27-49(52)50-35-36-54-55(56(50)57)51-28-16-18-30-53(51)60(54)46-33-31-40(32-34-46)41-37-47(58(42-19-7-3-8-20-42)43-21-9-4-10-22-43)39-48(38-41)59(44-23-11-5-12-24-44)45-25-13-6-14-26-45/h3-37,39,48H,38H2,1-2H3. The van der Waals surface area contributed by atoms with Crippen molar-refractivity contribution in [1.29, 1.82) is 0 Å². The van der Waals surface area contributed by atoms with Crippen molar-refractivity contribution in [3.05, 3.63) is 241 Å². The monoisotopic (exact) mass is 771 g/mol. The van der Waals surface area contributed by atoms with E-state index in [1.54, 1.807) is 0 Å². The van der Waals surface area contributed by atoms with Crippen LogP contribution >= 0.6 is 0 Å². The Hall–Kier alpha value is -7.36. The lowest BCUT2D eigenvalue weighted by Gasteiger charge is -2.37. The largest absolute Gasteiger partial charge is 0.334 e. The molecule has 0 fully saturated rings. The van der Waals surface area contributed by atoms with Crippen molar-refractivity contribution in [1.82, 2.24) is 4.57 Å². The van der Waals surface area contributed by atoms with Crippen LogP contribution in [-0.2, 0) is 5.41 Å². The molecular weight excluding hydrogens is 727 g/mol. The molecule has 11 rings (SSSR count). The Kier molecular flexibility index (Phi) is 8.63. The van der Waals surface area contributed by atoms with Crippen LogP contribution in [0.3, 0.4) is 0 Å². The molecule has 1 atom stereocenters. The van der Waals surface area contributed by atoms with Crippen LogP contribution in [0, 0.1) is 0 Å². The molecule has 60 heavy (non-hydrogen) atoms. The van der Waals surface area contributed by atoms with Gasteiger partial charge in [-0.25, -0.2) is 0 Å². The minimum atomic E-state index is -0.111. The van der Waals surface area contributed by atoms with E-state index >= 15 is 0 Å².